The Balaban J connectivity index is 4.45. The van der Waals surface area contributed by atoms with Gasteiger partial charge in [-0.2, -0.15) is 0 Å². The zero-order valence-electron chi connectivity index (χ0n) is 32.6. The van der Waals surface area contributed by atoms with E-state index in [0.29, 0.717) is 23.9 Å². The minimum absolute atomic E-state index is 0.0356. The van der Waals surface area contributed by atoms with E-state index in [9.17, 15) is 19.0 Å². The molecule has 10 heteroatoms. The van der Waals surface area contributed by atoms with Crippen molar-refractivity contribution < 1.29 is 42.1 Å². The summed E-state index contributed by atoms with van der Waals surface area (Å²) in [4.78, 5) is 37.3. The highest BCUT2D eigenvalue weighted by Crippen LogP contribution is 2.38. The van der Waals surface area contributed by atoms with Crippen molar-refractivity contribution in [1.29, 1.82) is 0 Å². The summed E-state index contributed by atoms with van der Waals surface area (Å²) in [7, 11) is 1.15. The molecule has 0 radical (unpaired) electrons. The van der Waals surface area contributed by atoms with E-state index in [-0.39, 0.29) is 26.1 Å². The quantitative estimate of drug-likeness (QED) is 0.0209. The van der Waals surface area contributed by atoms with Crippen LogP contribution in [0.15, 0.2) is 36.5 Å². The Morgan fingerprint density at radius 2 is 1.12 bits per heavy atom. The Morgan fingerprint density at radius 1 is 0.620 bits per heavy atom. The molecule has 0 saturated heterocycles. The summed E-state index contributed by atoms with van der Waals surface area (Å²) < 4.78 is 33.7. The van der Waals surface area contributed by atoms with Gasteiger partial charge < -0.3 is 27.9 Å². The highest BCUT2D eigenvalue weighted by Gasteiger charge is 2.21. The van der Waals surface area contributed by atoms with E-state index in [0.717, 1.165) is 77.0 Å². The summed E-state index contributed by atoms with van der Waals surface area (Å²) in [6, 6.07) is 0. The smallest absolute Gasteiger partial charge is 0.306 e. The molecular weight excluding hydrogens is 653 g/mol. The van der Waals surface area contributed by atoms with Gasteiger partial charge in [0.2, 0.25) is 0 Å². The molecule has 0 aromatic rings. The van der Waals surface area contributed by atoms with Crippen molar-refractivity contribution in [3.05, 3.63) is 36.5 Å². The largest absolute Gasteiger partial charge is 0.756 e. The second kappa shape index (κ2) is 33.1. The number of phosphoric ester groups is 1. The van der Waals surface area contributed by atoms with Gasteiger partial charge in [0.25, 0.3) is 7.82 Å². The van der Waals surface area contributed by atoms with Crippen LogP contribution in [0.3, 0.4) is 0 Å². The van der Waals surface area contributed by atoms with E-state index in [1.807, 2.05) is 21.1 Å². The first-order valence-corrected chi connectivity index (χ1v) is 21.2. The van der Waals surface area contributed by atoms with Gasteiger partial charge in [-0.1, -0.05) is 115 Å². The van der Waals surface area contributed by atoms with Crippen molar-refractivity contribution >= 4 is 19.8 Å². The van der Waals surface area contributed by atoms with Crippen LogP contribution in [0.2, 0.25) is 0 Å². The monoisotopic (exact) mass is 728 g/mol. The Hall–Kier alpha value is -1.77. The molecule has 2 unspecified atom stereocenters. The zero-order valence-corrected chi connectivity index (χ0v) is 33.5. The molecule has 0 N–H and O–H groups in total. The summed E-state index contributed by atoms with van der Waals surface area (Å²) in [5, 5.41) is 0. The van der Waals surface area contributed by atoms with Crippen molar-refractivity contribution in [3.8, 4) is 0 Å². The number of unbranched alkanes of at least 4 members (excludes halogenated alkanes) is 15. The molecule has 0 spiro atoms. The van der Waals surface area contributed by atoms with E-state index >= 15 is 0 Å². The third-order valence-electron chi connectivity index (χ3n) is 8.11. The molecule has 50 heavy (non-hydrogen) atoms. The van der Waals surface area contributed by atoms with Gasteiger partial charge in [-0.25, -0.2) is 0 Å². The molecule has 0 rings (SSSR count). The molecule has 0 saturated carbocycles. The van der Waals surface area contributed by atoms with Gasteiger partial charge >= 0.3 is 11.9 Å². The van der Waals surface area contributed by atoms with Gasteiger partial charge in [0, 0.05) is 12.8 Å². The maximum atomic E-state index is 12.6. The predicted octanol–water partition coefficient (Wildman–Crippen LogP) is 9.94. The summed E-state index contributed by atoms with van der Waals surface area (Å²) in [5.41, 5.74) is 0. The summed E-state index contributed by atoms with van der Waals surface area (Å²) in [5.74, 6) is -0.866. The van der Waals surface area contributed by atoms with Crippen LogP contribution in [0, 0.1) is 0 Å². The topological polar surface area (TPSA) is 111 Å². The number of rotatable bonds is 35. The predicted molar refractivity (Wildman–Crippen MR) is 204 cm³/mol. The Morgan fingerprint density at radius 3 is 1.68 bits per heavy atom. The molecule has 0 aliphatic rings. The molecule has 0 fully saturated rings. The molecule has 0 aliphatic carbocycles. The molecule has 9 nitrogen and oxygen atoms in total. The summed E-state index contributed by atoms with van der Waals surface area (Å²) in [6.45, 7) is 4.10. The number of hydrogen-bond acceptors (Lipinski definition) is 8. The van der Waals surface area contributed by atoms with Gasteiger partial charge in [-0.15, -0.1) is 0 Å². The first kappa shape index (κ1) is 48.2. The van der Waals surface area contributed by atoms with E-state index in [4.69, 9.17) is 18.5 Å². The van der Waals surface area contributed by atoms with Crippen molar-refractivity contribution in [2.24, 2.45) is 0 Å². The number of carbonyl (C=O) groups is 2. The Labute approximate surface area is 306 Å². The van der Waals surface area contributed by atoms with Crippen LogP contribution in [0.1, 0.15) is 155 Å². The lowest BCUT2D eigenvalue weighted by Crippen LogP contribution is -2.37. The lowest BCUT2D eigenvalue weighted by atomic mass is 10.1. The third kappa shape index (κ3) is 36.0. The standard InChI is InChI=1S/C40H74NO8P/c1-6-8-10-12-14-16-18-19-20-21-22-23-25-27-29-31-33-40(43)49-38(37-48-50(44,45)47-35-34-41(3,4)5)36-46-39(42)32-30-28-26-24-17-15-13-11-9-7-2/h11,13,16,18,20-21,38H,6-10,12,14-15,17,19,22-37H2,1-5H3/b13-11-,18-16-,21-20-. The maximum absolute atomic E-state index is 12.6. The molecule has 0 aromatic carbocycles. The molecule has 0 aliphatic heterocycles. The number of phosphoric acid groups is 1. The Kier molecular flexibility index (Phi) is 31.9. The minimum Gasteiger partial charge on any atom is -0.756 e. The average Bonchev–Trinajstić information content (AvgIpc) is 3.06. The Bertz CT molecular complexity index is 959. The van der Waals surface area contributed by atoms with E-state index in [2.05, 4.69) is 50.3 Å². The zero-order chi connectivity index (χ0) is 37.2. The molecule has 0 amide bonds. The number of likely N-dealkylation sites (N-methyl/N-ethyl adjacent to an activating group) is 1. The lowest BCUT2D eigenvalue weighted by molar-refractivity contribution is -0.870. The normalized spacial score (nSPS) is 14.1. The maximum Gasteiger partial charge on any atom is 0.306 e. The minimum atomic E-state index is -4.62. The van der Waals surface area contributed by atoms with E-state index in [1.54, 1.807) is 0 Å². The van der Waals surface area contributed by atoms with Crippen molar-refractivity contribution in [3.63, 3.8) is 0 Å². The van der Waals surface area contributed by atoms with Crippen LogP contribution in [0.4, 0.5) is 0 Å². The fraction of sp³-hybridized carbons (Fsp3) is 0.800. The van der Waals surface area contributed by atoms with Crippen LogP contribution in [0.5, 0.6) is 0 Å². The second-order valence-electron chi connectivity index (χ2n) is 14.3. The number of allylic oxidation sites excluding steroid dienone is 6. The number of esters is 2. The lowest BCUT2D eigenvalue weighted by Gasteiger charge is -2.28. The average molecular weight is 728 g/mol. The fourth-order valence-corrected chi connectivity index (χ4v) is 5.71. The molecule has 292 valence electrons. The molecule has 0 bridgehead atoms. The van der Waals surface area contributed by atoms with Gasteiger partial charge in [0.05, 0.1) is 27.7 Å². The van der Waals surface area contributed by atoms with Crippen molar-refractivity contribution in [2.75, 3.05) is 47.5 Å². The van der Waals surface area contributed by atoms with Gasteiger partial charge in [0.15, 0.2) is 6.10 Å². The first-order valence-electron chi connectivity index (χ1n) is 19.7. The highest BCUT2D eigenvalue weighted by molar-refractivity contribution is 7.45. The van der Waals surface area contributed by atoms with E-state index < -0.39 is 32.5 Å². The third-order valence-corrected chi connectivity index (χ3v) is 9.08. The summed E-state index contributed by atoms with van der Waals surface area (Å²) in [6.07, 6.45) is 34.6. The highest BCUT2D eigenvalue weighted by atomic mass is 31.2. The van der Waals surface area contributed by atoms with Crippen LogP contribution in [-0.4, -0.2) is 70.0 Å². The number of nitrogens with zero attached hydrogens (tertiary/aromatic N) is 1. The fourth-order valence-electron chi connectivity index (χ4n) is 4.98. The number of hydrogen-bond donors (Lipinski definition) is 0. The molecule has 0 aromatic heterocycles. The number of ether oxygens (including phenoxy) is 2. The van der Waals surface area contributed by atoms with Gasteiger partial charge in [0.1, 0.15) is 19.8 Å². The number of quaternary nitrogens is 1. The van der Waals surface area contributed by atoms with Gasteiger partial charge in [-0.05, 0) is 64.2 Å². The van der Waals surface area contributed by atoms with Crippen LogP contribution in [-0.2, 0) is 32.7 Å². The van der Waals surface area contributed by atoms with Gasteiger partial charge in [-0.3, -0.25) is 14.2 Å². The van der Waals surface area contributed by atoms with Crippen LogP contribution in [0.25, 0.3) is 0 Å². The summed E-state index contributed by atoms with van der Waals surface area (Å²) >= 11 is 0. The molecule has 2 atom stereocenters. The molecule has 0 heterocycles. The van der Waals surface area contributed by atoms with E-state index in [1.165, 1.54) is 38.5 Å². The van der Waals surface area contributed by atoms with Crippen LogP contribution < -0.4 is 4.89 Å². The SMILES string of the molecule is CCC/C=C\CCCCCCCC(=O)OCC(COP(=O)([O-])OCC[N+](C)(C)C)OC(=O)CCCCCCC/C=C\C/C=C\CCCCCC. The number of carbonyl (C=O) groups excluding carboxylic acids is 2. The van der Waals surface area contributed by atoms with Crippen molar-refractivity contribution in [2.45, 2.75) is 161 Å². The first-order chi connectivity index (χ1) is 24.0. The molecular formula is C40H74NO8P. The second-order valence-corrected chi connectivity index (χ2v) is 15.7. The van der Waals surface area contributed by atoms with Crippen LogP contribution >= 0.6 is 7.82 Å². The van der Waals surface area contributed by atoms with Crippen molar-refractivity contribution in [1.82, 2.24) is 0 Å².